The molecule has 0 aromatic heterocycles. The molecule has 0 aliphatic carbocycles. The van der Waals surface area contributed by atoms with Crippen molar-refractivity contribution in [3.8, 4) is 0 Å². The lowest BCUT2D eigenvalue weighted by Crippen LogP contribution is -2.46. The van der Waals surface area contributed by atoms with Gasteiger partial charge in [-0.3, -0.25) is 19.3 Å². The summed E-state index contributed by atoms with van der Waals surface area (Å²) in [7, 11) is 1.66. The largest absolute Gasteiger partial charge is 0.465 e. The average molecular weight is 301 g/mol. The van der Waals surface area contributed by atoms with Crippen LogP contribution in [-0.2, 0) is 19.1 Å². The van der Waals surface area contributed by atoms with Gasteiger partial charge in [-0.15, -0.1) is 0 Å². The predicted molar refractivity (Wildman–Crippen MR) is 79.7 cm³/mol. The number of amides is 2. The molecule has 0 aromatic carbocycles. The van der Waals surface area contributed by atoms with Crippen LogP contribution in [-0.4, -0.2) is 73.5 Å². The second-order valence-electron chi connectivity index (χ2n) is 5.11. The normalized spacial score (nSPS) is 10.6. The fraction of sp³-hybridized carbons (Fsp3) is 0.786. The third-order valence-electron chi connectivity index (χ3n) is 2.63. The van der Waals surface area contributed by atoms with Crippen molar-refractivity contribution in [3.05, 3.63) is 0 Å². The van der Waals surface area contributed by atoms with E-state index in [0.29, 0.717) is 13.2 Å². The fourth-order valence-electron chi connectivity index (χ4n) is 1.73. The number of hydrogen-bond acceptors (Lipinski definition) is 5. The maximum atomic E-state index is 12.1. The first-order valence-corrected chi connectivity index (χ1v) is 7.21. The smallest absolute Gasteiger partial charge is 0.320 e. The second kappa shape index (κ2) is 10.1. The van der Waals surface area contributed by atoms with Crippen LogP contribution in [0.4, 0.5) is 0 Å². The first kappa shape index (κ1) is 19.4. The summed E-state index contributed by atoms with van der Waals surface area (Å²) < 4.78 is 4.82. The molecule has 0 unspecified atom stereocenters. The Bertz CT molecular complexity index is 358. The molecule has 1 N–H and O–H groups in total. The molecule has 0 heterocycles. The highest BCUT2D eigenvalue weighted by Gasteiger charge is 2.18. The van der Waals surface area contributed by atoms with Crippen LogP contribution in [0.15, 0.2) is 0 Å². The average Bonchev–Trinajstić information content (AvgIpc) is 2.34. The predicted octanol–water partition coefficient (Wildman–Crippen LogP) is -0.146. The Hall–Kier alpha value is -1.63. The van der Waals surface area contributed by atoms with Crippen LogP contribution in [0.3, 0.4) is 0 Å². The molecule has 0 aliphatic rings. The number of hydrogen-bond donors (Lipinski definition) is 1. The summed E-state index contributed by atoms with van der Waals surface area (Å²) in [5.74, 6) is -0.746. The third kappa shape index (κ3) is 9.01. The van der Waals surface area contributed by atoms with E-state index in [-0.39, 0.29) is 43.5 Å². The molecule has 0 saturated carbocycles. The summed E-state index contributed by atoms with van der Waals surface area (Å²) in [6.45, 7) is 8.18. The first-order valence-electron chi connectivity index (χ1n) is 7.21. The van der Waals surface area contributed by atoms with Crippen LogP contribution in [0.25, 0.3) is 0 Å². The summed E-state index contributed by atoms with van der Waals surface area (Å²) in [5.41, 5.74) is 0. The fourth-order valence-corrected chi connectivity index (χ4v) is 1.73. The highest BCUT2D eigenvalue weighted by Crippen LogP contribution is 1.94. The van der Waals surface area contributed by atoms with Crippen molar-refractivity contribution in [2.24, 2.45) is 0 Å². The molecule has 0 fully saturated rings. The molecular formula is C14H27N3O4. The number of esters is 1. The van der Waals surface area contributed by atoms with E-state index in [4.69, 9.17) is 4.74 Å². The number of rotatable bonds is 9. The van der Waals surface area contributed by atoms with Gasteiger partial charge in [-0.1, -0.05) is 0 Å². The molecule has 0 aromatic rings. The van der Waals surface area contributed by atoms with E-state index in [9.17, 15) is 14.4 Å². The van der Waals surface area contributed by atoms with E-state index in [2.05, 4.69) is 5.32 Å². The Morgan fingerprint density at radius 1 is 1.10 bits per heavy atom. The zero-order valence-corrected chi connectivity index (χ0v) is 13.6. The van der Waals surface area contributed by atoms with Crippen molar-refractivity contribution < 1.29 is 19.1 Å². The van der Waals surface area contributed by atoms with E-state index in [1.54, 1.807) is 18.9 Å². The van der Waals surface area contributed by atoms with Gasteiger partial charge >= 0.3 is 5.97 Å². The van der Waals surface area contributed by atoms with Crippen LogP contribution in [0.2, 0.25) is 0 Å². The number of likely N-dealkylation sites (N-methyl/N-ethyl adjacent to an activating group) is 2. The molecule has 0 aliphatic heterocycles. The van der Waals surface area contributed by atoms with Crippen LogP contribution in [0.5, 0.6) is 0 Å². The van der Waals surface area contributed by atoms with Gasteiger partial charge < -0.3 is 15.0 Å². The van der Waals surface area contributed by atoms with Crippen molar-refractivity contribution in [1.82, 2.24) is 15.1 Å². The molecular weight excluding hydrogens is 274 g/mol. The summed E-state index contributed by atoms with van der Waals surface area (Å²) in [6.07, 6.45) is 0. The Balaban J connectivity index is 4.32. The third-order valence-corrected chi connectivity index (χ3v) is 2.63. The Morgan fingerprint density at radius 2 is 1.71 bits per heavy atom. The monoisotopic (exact) mass is 301 g/mol. The van der Waals surface area contributed by atoms with Crippen LogP contribution in [0.1, 0.15) is 27.7 Å². The van der Waals surface area contributed by atoms with Crippen LogP contribution in [0, 0.1) is 0 Å². The summed E-state index contributed by atoms with van der Waals surface area (Å²) in [6, 6.07) is 0.0396. The van der Waals surface area contributed by atoms with Gasteiger partial charge in [0.15, 0.2) is 0 Å². The van der Waals surface area contributed by atoms with Gasteiger partial charge in [-0.2, -0.15) is 0 Å². The van der Waals surface area contributed by atoms with Gasteiger partial charge in [0.25, 0.3) is 0 Å². The zero-order valence-electron chi connectivity index (χ0n) is 13.6. The van der Waals surface area contributed by atoms with Crippen molar-refractivity contribution >= 4 is 17.8 Å². The molecule has 7 heteroatoms. The lowest BCUT2D eigenvalue weighted by Gasteiger charge is -2.24. The van der Waals surface area contributed by atoms with E-state index >= 15 is 0 Å². The number of carbonyl (C=O) groups is 3. The molecule has 0 spiro atoms. The van der Waals surface area contributed by atoms with Crippen molar-refractivity contribution in [1.29, 1.82) is 0 Å². The Kier molecular flexibility index (Phi) is 9.36. The molecule has 0 atom stereocenters. The summed E-state index contributed by atoms with van der Waals surface area (Å²) >= 11 is 0. The number of nitrogens with one attached hydrogen (secondary N) is 1. The highest BCUT2D eigenvalue weighted by atomic mass is 16.5. The maximum absolute atomic E-state index is 12.1. The summed E-state index contributed by atoms with van der Waals surface area (Å²) in [5, 5.41) is 2.74. The minimum absolute atomic E-state index is 0.0285. The molecule has 0 saturated heterocycles. The van der Waals surface area contributed by atoms with Gasteiger partial charge in [0, 0.05) is 12.6 Å². The lowest BCUT2D eigenvalue weighted by molar-refractivity contribution is -0.145. The van der Waals surface area contributed by atoms with Crippen molar-refractivity contribution in [2.45, 2.75) is 33.7 Å². The SMILES string of the molecule is CCOC(=O)CN(C)CC(=O)N(CC)CC(=O)NC(C)C. The lowest BCUT2D eigenvalue weighted by atomic mass is 10.3. The van der Waals surface area contributed by atoms with Crippen LogP contribution >= 0.6 is 0 Å². The number of nitrogens with zero attached hydrogens (tertiary/aromatic N) is 2. The van der Waals surface area contributed by atoms with Crippen LogP contribution < -0.4 is 5.32 Å². The van der Waals surface area contributed by atoms with E-state index in [0.717, 1.165) is 0 Å². The molecule has 0 rings (SSSR count). The quantitative estimate of drug-likeness (QED) is 0.599. The number of ether oxygens (including phenoxy) is 1. The molecule has 0 radical (unpaired) electrons. The minimum atomic E-state index is -0.367. The Morgan fingerprint density at radius 3 is 2.19 bits per heavy atom. The van der Waals surface area contributed by atoms with E-state index < -0.39 is 0 Å². The van der Waals surface area contributed by atoms with Gasteiger partial charge in [-0.25, -0.2) is 0 Å². The maximum Gasteiger partial charge on any atom is 0.320 e. The number of carbonyl (C=O) groups excluding carboxylic acids is 3. The molecule has 0 bridgehead atoms. The molecule has 7 nitrogen and oxygen atoms in total. The molecule has 122 valence electrons. The standard InChI is InChI=1S/C14H27N3O4/c1-6-17(8-12(18)15-11(3)4)13(19)9-16(5)10-14(20)21-7-2/h11H,6-10H2,1-5H3,(H,15,18). The Labute approximate surface area is 126 Å². The van der Waals surface area contributed by atoms with Gasteiger partial charge in [-0.05, 0) is 34.7 Å². The van der Waals surface area contributed by atoms with E-state index in [1.165, 1.54) is 4.90 Å². The second-order valence-corrected chi connectivity index (χ2v) is 5.11. The minimum Gasteiger partial charge on any atom is -0.465 e. The van der Waals surface area contributed by atoms with E-state index in [1.807, 2.05) is 20.8 Å². The highest BCUT2D eigenvalue weighted by molar-refractivity contribution is 5.86. The van der Waals surface area contributed by atoms with Gasteiger partial charge in [0.2, 0.25) is 11.8 Å². The molecule has 2 amide bonds. The summed E-state index contributed by atoms with van der Waals surface area (Å²) in [4.78, 5) is 38.1. The molecule has 21 heavy (non-hydrogen) atoms. The van der Waals surface area contributed by atoms with Crippen molar-refractivity contribution in [2.75, 3.05) is 39.8 Å². The van der Waals surface area contributed by atoms with Crippen molar-refractivity contribution in [3.63, 3.8) is 0 Å². The van der Waals surface area contributed by atoms with Gasteiger partial charge in [0.05, 0.1) is 26.2 Å². The van der Waals surface area contributed by atoms with Gasteiger partial charge in [0.1, 0.15) is 0 Å². The first-order chi connectivity index (χ1) is 9.79. The zero-order chi connectivity index (χ0) is 16.4. The topological polar surface area (TPSA) is 79.0 Å².